The molecule has 0 unspecified atom stereocenters. The van der Waals surface area contributed by atoms with Crippen LogP contribution in [0, 0.1) is 0 Å². The average Bonchev–Trinajstić information content (AvgIpc) is 2.62. The van der Waals surface area contributed by atoms with Gasteiger partial charge in [-0.25, -0.2) is 4.98 Å². The van der Waals surface area contributed by atoms with Gasteiger partial charge in [0, 0.05) is 10.9 Å². The van der Waals surface area contributed by atoms with Crippen molar-refractivity contribution in [2.24, 2.45) is 0 Å². The number of nitrogens with zero attached hydrogens (tertiary/aromatic N) is 1. The maximum absolute atomic E-state index is 4.29. The number of aromatic nitrogens is 2. The third kappa shape index (κ3) is 1.17. The van der Waals surface area contributed by atoms with E-state index in [1.54, 1.807) is 11.3 Å². The van der Waals surface area contributed by atoms with Gasteiger partial charge in [-0.2, -0.15) is 0 Å². The fourth-order valence-corrected chi connectivity index (χ4v) is 2.15. The quantitative estimate of drug-likeness (QED) is 0.655. The van der Waals surface area contributed by atoms with Gasteiger partial charge in [-0.1, -0.05) is 18.2 Å². The molecule has 0 amide bonds. The first-order valence-electron chi connectivity index (χ1n) is 3.75. The van der Waals surface area contributed by atoms with Crippen LogP contribution in [0.2, 0.25) is 0 Å². The zero-order chi connectivity index (χ0) is 7.97. The van der Waals surface area contributed by atoms with E-state index < -0.39 is 0 Å². The Morgan fingerprint density at radius 3 is 3.00 bits per heavy atom. The lowest BCUT2D eigenvalue weighted by Crippen LogP contribution is -1.64. The third-order valence-corrected chi connectivity index (χ3v) is 2.74. The molecular weight excluding hydrogens is 248 g/mol. The van der Waals surface area contributed by atoms with Crippen LogP contribution in [0.3, 0.4) is 0 Å². The van der Waals surface area contributed by atoms with Crippen molar-refractivity contribution in [1.82, 2.24) is 9.97 Å². The second-order valence-corrected chi connectivity index (χ2v) is 3.56. The highest BCUT2D eigenvalue weighted by molar-refractivity contribution is 8.93. The summed E-state index contributed by atoms with van der Waals surface area (Å²) in [6, 6.07) is 8.23. The number of thiazole rings is 1. The van der Waals surface area contributed by atoms with Crippen LogP contribution in [0.4, 0.5) is 0 Å². The van der Waals surface area contributed by atoms with Crippen molar-refractivity contribution < 1.29 is 0 Å². The minimum Gasteiger partial charge on any atom is -0.345 e. The van der Waals surface area contributed by atoms with Crippen LogP contribution in [-0.4, -0.2) is 9.97 Å². The molecule has 2 aromatic heterocycles. The Balaban J connectivity index is 0.000000653. The molecular formula is C9H7BrN2S. The molecule has 3 aromatic rings. The lowest BCUT2D eigenvalue weighted by molar-refractivity contribution is 1.52. The van der Waals surface area contributed by atoms with Crippen LogP contribution < -0.4 is 0 Å². The Labute approximate surface area is 89.4 Å². The zero-order valence-electron chi connectivity index (χ0n) is 6.65. The van der Waals surface area contributed by atoms with Gasteiger partial charge >= 0.3 is 0 Å². The van der Waals surface area contributed by atoms with E-state index in [2.05, 4.69) is 22.1 Å². The van der Waals surface area contributed by atoms with Crippen molar-refractivity contribution in [2.75, 3.05) is 0 Å². The summed E-state index contributed by atoms with van der Waals surface area (Å²) in [4.78, 5) is 8.77. The normalized spacial score (nSPS) is 10.5. The average molecular weight is 255 g/mol. The van der Waals surface area contributed by atoms with Gasteiger partial charge in [0.2, 0.25) is 0 Å². The topological polar surface area (TPSA) is 28.7 Å². The van der Waals surface area contributed by atoms with Crippen LogP contribution in [0.25, 0.3) is 21.3 Å². The first kappa shape index (κ1) is 8.72. The number of H-pyrrole nitrogens is 1. The van der Waals surface area contributed by atoms with Crippen LogP contribution >= 0.6 is 28.3 Å². The maximum atomic E-state index is 4.29. The van der Waals surface area contributed by atoms with Crippen molar-refractivity contribution in [3.8, 4) is 0 Å². The first-order chi connectivity index (χ1) is 5.95. The van der Waals surface area contributed by atoms with Crippen molar-refractivity contribution in [2.45, 2.75) is 0 Å². The van der Waals surface area contributed by atoms with Crippen molar-refractivity contribution in [1.29, 1.82) is 0 Å². The molecule has 0 bridgehead atoms. The highest BCUT2D eigenvalue weighted by atomic mass is 79.9. The summed E-state index contributed by atoms with van der Waals surface area (Å²) in [5, 5.41) is 1.22. The number of para-hydroxylation sites is 1. The van der Waals surface area contributed by atoms with E-state index in [-0.39, 0.29) is 17.0 Å². The standard InChI is InChI=1S/C9H6N2S.BrH/c1-2-4-7-6(3-1)8-9(11-7)12-5-10-8;/h1-5,11H;1H. The highest BCUT2D eigenvalue weighted by Gasteiger charge is 2.03. The SMILES string of the molecule is Br.c1ccc2c(c1)[nH]c1scnc12. The van der Waals surface area contributed by atoms with E-state index in [0.29, 0.717) is 0 Å². The summed E-state index contributed by atoms with van der Waals surface area (Å²) in [5.74, 6) is 0. The van der Waals surface area contributed by atoms with Gasteiger partial charge in [-0.15, -0.1) is 28.3 Å². The molecule has 0 radical (unpaired) electrons. The number of hydrogen-bond donors (Lipinski definition) is 1. The molecule has 0 atom stereocenters. The number of halogens is 1. The monoisotopic (exact) mass is 254 g/mol. The van der Waals surface area contributed by atoms with Crippen LogP contribution in [-0.2, 0) is 0 Å². The molecule has 4 heteroatoms. The van der Waals surface area contributed by atoms with Gasteiger partial charge in [0.15, 0.2) is 0 Å². The van der Waals surface area contributed by atoms with Crippen molar-refractivity contribution in [3.05, 3.63) is 29.8 Å². The van der Waals surface area contributed by atoms with Crippen molar-refractivity contribution >= 4 is 49.6 Å². The van der Waals surface area contributed by atoms with Crippen LogP contribution in [0.5, 0.6) is 0 Å². The summed E-state index contributed by atoms with van der Waals surface area (Å²) >= 11 is 1.65. The van der Waals surface area contributed by atoms with Gasteiger partial charge < -0.3 is 4.98 Å². The predicted molar refractivity (Wildman–Crippen MR) is 61.8 cm³/mol. The van der Waals surface area contributed by atoms with E-state index in [1.807, 2.05) is 17.6 Å². The zero-order valence-corrected chi connectivity index (χ0v) is 9.18. The molecule has 3 rings (SSSR count). The van der Waals surface area contributed by atoms with E-state index in [9.17, 15) is 0 Å². The molecule has 1 aromatic carbocycles. The number of benzene rings is 1. The molecule has 13 heavy (non-hydrogen) atoms. The van der Waals surface area contributed by atoms with Crippen LogP contribution in [0.1, 0.15) is 0 Å². The number of hydrogen-bond acceptors (Lipinski definition) is 2. The second-order valence-electron chi connectivity index (χ2n) is 2.70. The van der Waals surface area contributed by atoms with Gasteiger partial charge in [-0.3, -0.25) is 0 Å². The number of nitrogens with one attached hydrogen (secondary N) is 1. The fraction of sp³-hybridized carbons (Fsp3) is 0. The molecule has 0 fully saturated rings. The Kier molecular flexibility index (Phi) is 2.09. The van der Waals surface area contributed by atoms with Crippen molar-refractivity contribution in [3.63, 3.8) is 0 Å². The molecule has 0 spiro atoms. The summed E-state index contributed by atoms with van der Waals surface area (Å²) in [6.45, 7) is 0. The summed E-state index contributed by atoms with van der Waals surface area (Å²) in [6.07, 6.45) is 0. The molecule has 0 saturated carbocycles. The molecule has 2 nitrogen and oxygen atoms in total. The molecule has 0 saturated heterocycles. The lowest BCUT2D eigenvalue weighted by Gasteiger charge is -1.84. The lowest BCUT2D eigenvalue weighted by atomic mass is 10.2. The van der Waals surface area contributed by atoms with E-state index in [0.717, 1.165) is 10.3 Å². The number of aromatic amines is 1. The van der Waals surface area contributed by atoms with Gasteiger partial charge in [0.1, 0.15) is 10.3 Å². The van der Waals surface area contributed by atoms with Gasteiger partial charge in [0.25, 0.3) is 0 Å². The first-order valence-corrected chi connectivity index (χ1v) is 4.63. The maximum Gasteiger partial charge on any atom is 0.121 e. The molecule has 0 aliphatic heterocycles. The van der Waals surface area contributed by atoms with Gasteiger partial charge in [0.05, 0.1) is 5.51 Å². The Hall–Kier alpha value is -0.870. The summed E-state index contributed by atoms with van der Waals surface area (Å²) in [5.41, 5.74) is 4.13. The largest absolute Gasteiger partial charge is 0.345 e. The molecule has 1 N–H and O–H groups in total. The van der Waals surface area contributed by atoms with E-state index in [4.69, 9.17) is 0 Å². The molecule has 66 valence electrons. The van der Waals surface area contributed by atoms with E-state index in [1.165, 1.54) is 10.9 Å². The summed E-state index contributed by atoms with van der Waals surface area (Å²) in [7, 11) is 0. The number of fused-ring (bicyclic) bond motifs is 3. The molecule has 0 aliphatic rings. The Morgan fingerprint density at radius 2 is 2.08 bits per heavy atom. The minimum absolute atomic E-state index is 0. The molecule has 0 aliphatic carbocycles. The number of rotatable bonds is 0. The summed E-state index contributed by atoms with van der Waals surface area (Å²) < 4.78 is 0. The minimum atomic E-state index is 0. The smallest absolute Gasteiger partial charge is 0.121 e. The third-order valence-electron chi connectivity index (χ3n) is 2.00. The van der Waals surface area contributed by atoms with Gasteiger partial charge in [-0.05, 0) is 6.07 Å². The predicted octanol–water partition coefficient (Wildman–Crippen LogP) is 3.36. The van der Waals surface area contributed by atoms with Crippen LogP contribution in [0.15, 0.2) is 29.8 Å². The van der Waals surface area contributed by atoms with E-state index >= 15 is 0 Å². The Bertz CT molecular complexity index is 540. The Morgan fingerprint density at radius 1 is 1.23 bits per heavy atom. The highest BCUT2D eigenvalue weighted by Crippen LogP contribution is 2.25. The fourth-order valence-electron chi connectivity index (χ4n) is 1.45. The molecule has 2 heterocycles. The second kappa shape index (κ2) is 3.12.